The summed E-state index contributed by atoms with van der Waals surface area (Å²) in [6.45, 7) is 1.97. The average Bonchev–Trinajstić information content (AvgIpc) is 2.46. The van der Waals surface area contributed by atoms with Gasteiger partial charge in [0, 0.05) is 6.08 Å². The Morgan fingerprint density at radius 2 is 1.90 bits per heavy atom. The van der Waals surface area contributed by atoms with Crippen LogP contribution in [-0.4, -0.2) is 13.0 Å². The molecule has 2 aromatic carbocycles. The molecule has 0 aliphatic carbocycles. The Balaban J connectivity index is 2.08. The number of nitrogens with one attached hydrogen (secondary N) is 1. The zero-order chi connectivity index (χ0) is 14.4. The van der Waals surface area contributed by atoms with Crippen LogP contribution in [0, 0.1) is 6.92 Å². The van der Waals surface area contributed by atoms with Gasteiger partial charge < -0.3 is 10.1 Å². The van der Waals surface area contributed by atoms with Gasteiger partial charge in [-0.25, -0.2) is 0 Å². The van der Waals surface area contributed by atoms with Gasteiger partial charge in [-0.3, -0.25) is 4.79 Å². The fraction of sp³-hybridized carbons (Fsp3) is 0.118. The lowest BCUT2D eigenvalue weighted by Gasteiger charge is -2.09. The first-order chi connectivity index (χ1) is 9.69. The average molecular weight is 267 g/mol. The molecule has 3 nitrogen and oxygen atoms in total. The Morgan fingerprint density at radius 3 is 2.60 bits per heavy atom. The van der Waals surface area contributed by atoms with Gasteiger partial charge in [0.05, 0.1) is 12.8 Å². The van der Waals surface area contributed by atoms with E-state index in [9.17, 15) is 4.79 Å². The predicted octanol–water partition coefficient (Wildman–Crippen LogP) is 3.66. The Labute approximate surface area is 118 Å². The zero-order valence-electron chi connectivity index (χ0n) is 11.6. The van der Waals surface area contributed by atoms with E-state index >= 15 is 0 Å². The second-order valence-corrected chi connectivity index (χ2v) is 4.44. The number of methoxy groups -OCH3 is 1. The minimum atomic E-state index is -0.183. The molecule has 1 amide bonds. The van der Waals surface area contributed by atoms with Gasteiger partial charge in [0.15, 0.2) is 0 Å². The van der Waals surface area contributed by atoms with Gasteiger partial charge in [-0.05, 0) is 36.3 Å². The first kappa shape index (κ1) is 13.9. The van der Waals surface area contributed by atoms with Crippen molar-refractivity contribution in [1.29, 1.82) is 0 Å². The van der Waals surface area contributed by atoms with Crippen molar-refractivity contribution in [3.63, 3.8) is 0 Å². The standard InChI is InChI=1S/C17H17NO2/c1-13-8-10-16(20-2)15(12-13)18-17(19)11-9-14-6-4-3-5-7-14/h3-12H,1-2H3,(H,18,19). The van der Waals surface area contributed by atoms with Crippen molar-refractivity contribution in [3.05, 3.63) is 65.7 Å². The lowest BCUT2D eigenvalue weighted by molar-refractivity contribution is -0.111. The van der Waals surface area contributed by atoms with E-state index in [2.05, 4.69) is 5.32 Å². The van der Waals surface area contributed by atoms with Crippen LogP contribution in [0.1, 0.15) is 11.1 Å². The molecular formula is C17H17NO2. The minimum Gasteiger partial charge on any atom is -0.495 e. The molecule has 0 saturated heterocycles. The number of hydrogen-bond donors (Lipinski definition) is 1. The summed E-state index contributed by atoms with van der Waals surface area (Å²) in [6, 6.07) is 15.3. The molecule has 0 heterocycles. The summed E-state index contributed by atoms with van der Waals surface area (Å²) in [5.74, 6) is 0.467. The predicted molar refractivity (Wildman–Crippen MR) is 81.8 cm³/mol. The number of benzene rings is 2. The molecule has 20 heavy (non-hydrogen) atoms. The fourth-order valence-electron chi connectivity index (χ4n) is 1.83. The van der Waals surface area contributed by atoms with Gasteiger partial charge in [-0.1, -0.05) is 36.4 Å². The SMILES string of the molecule is COc1ccc(C)cc1NC(=O)C=Cc1ccccc1. The molecule has 0 aliphatic rings. The molecule has 3 heteroatoms. The second kappa shape index (κ2) is 6.57. The molecule has 0 saturated carbocycles. The third kappa shape index (κ3) is 3.72. The van der Waals surface area contributed by atoms with Gasteiger partial charge in [0.25, 0.3) is 0 Å². The first-order valence-corrected chi connectivity index (χ1v) is 6.38. The quantitative estimate of drug-likeness (QED) is 0.859. The number of anilines is 1. The van der Waals surface area contributed by atoms with Crippen molar-refractivity contribution < 1.29 is 9.53 Å². The third-order valence-electron chi connectivity index (χ3n) is 2.84. The van der Waals surface area contributed by atoms with E-state index in [4.69, 9.17) is 4.74 Å². The Bertz CT molecular complexity index is 618. The number of carbonyl (C=O) groups excluding carboxylic acids is 1. The maximum atomic E-state index is 11.9. The molecule has 0 fully saturated rings. The highest BCUT2D eigenvalue weighted by atomic mass is 16.5. The van der Waals surface area contributed by atoms with E-state index < -0.39 is 0 Å². The van der Waals surface area contributed by atoms with Crippen LogP contribution in [0.15, 0.2) is 54.6 Å². The molecule has 0 spiro atoms. The van der Waals surface area contributed by atoms with E-state index in [-0.39, 0.29) is 5.91 Å². The molecule has 0 aromatic heterocycles. The first-order valence-electron chi connectivity index (χ1n) is 6.38. The zero-order valence-corrected chi connectivity index (χ0v) is 11.6. The molecule has 0 aliphatic heterocycles. The van der Waals surface area contributed by atoms with Crippen LogP contribution in [0.4, 0.5) is 5.69 Å². The molecule has 0 unspecified atom stereocenters. The van der Waals surface area contributed by atoms with E-state index in [0.29, 0.717) is 11.4 Å². The highest BCUT2D eigenvalue weighted by Crippen LogP contribution is 2.25. The molecule has 0 bridgehead atoms. The van der Waals surface area contributed by atoms with Crippen LogP contribution in [0.2, 0.25) is 0 Å². The van der Waals surface area contributed by atoms with Gasteiger partial charge in [-0.15, -0.1) is 0 Å². The summed E-state index contributed by atoms with van der Waals surface area (Å²) in [5, 5.41) is 2.82. The number of hydrogen-bond acceptors (Lipinski definition) is 2. The van der Waals surface area contributed by atoms with Crippen LogP contribution in [0.5, 0.6) is 5.75 Å². The van der Waals surface area contributed by atoms with E-state index in [1.807, 2.05) is 55.5 Å². The molecule has 0 radical (unpaired) electrons. The lowest BCUT2D eigenvalue weighted by Crippen LogP contribution is -2.09. The normalized spacial score (nSPS) is 10.5. The fourth-order valence-corrected chi connectivity index (χ4v) is 1.83. The van der Waals surface area contributed by atoms with E-state index in [0.717, 1.165) is 11.1 Å². The monoisotopic (exact) mass is 267 g/mol. The third-order valence-corrected chi connectivity index (χ3v) is 2.84. The molecule has 2 rings (SSSR count). The Kier molecular flexibility index (Phi) is 4.56. The van der Waals surface area contributed by atoms with Gasteiger partial charge >= 0.3 is 0 Å². The summed E-state index contributed by atoms with van der Waals surface area (Å²) in [5.41, 5.74) is 2.72. The van der Waals surface area contributed by atoms with Gasteiger partial charge in [-0.2, -0.15) is 0 Å². The summed E-state index contributed by atoms with van der Waals surface area (Å²) in [6.07, 6.45) is 3.29. The van der Waals surface area contributed by atoms with Crippen molar-refractivity contribution in [2.75, 3.05) is 12.4 Å². The van der Waals surface area contributed by atoms with E-state index in [1.165, 1.54) is 6.08 Å². The smallest absolute Gasteiger partial charge is 0.248 e. The summed E-state index contributed by atoms with van der Waals surface area (Å²) < 4.78 is 5.23. The maximum Gasteiger partial charge on any atom is 0.248 e. The lowest BCUT2D eigenvalue weighted by atomic mass is 10.2. The molecule has 2 aromatic rings. The van der Waals surface area contributed by atoms with Crippen LogP contribution < -0.4 is 10.1 Å². The Morgan fingerprint density at radius 1 is 1.15 bits per heavy atom. The second-order valence-electron chi connectivity index (χ2n) is 4.44. The topological polar surface area (TPSA) is 38.3 Å². The summed E-state index contributed by atoms with van der Waals surface area (Å²) in [4.78, 5) is 11.9. The van der Waals surface area contributed by atoms with Crippen molar-refractivity contribution in [2.45, 2.75) is 6.92 Å². The van der Waals surface area contributed by atoms with Crippen LogP contribution in [-0.2, 0) is 4.79 Å². The number of aryl methyl sites for hydroxylation is 1. The number of amides is 1. The Hall–Kier alpha value is -2.55. The molecule has 1 N–H and O–H groups in total. The molecule has 0 atom stereocenters. The summed E-state index contributed by atoms with van der Waals surface area (Å²) in [7, 11) is 1.58. The van der Waals surface area contributed by atoms with Crippen molar-refractivity contribution >= 4 is 17.7 Å². The number of rotatable bonds is 4. The highest BCUT2D eigenvalue weighted by Gasteiger charge is 2.05. The van der Waals surface area contributed by atoms with Crippen LogP contribution in [0.25, 0.3) is 6.08 Å². The number of carbonyl (C=O) groups is 1. The summed E-state index contributed by atoms with van der Waals surface area (Å²) >= 11 is 0. The molecule has 102 valence electrons. The highest BCUT2D eigenvalue weighted by molar-refractivity contribution is 6.02. The van der Waals surface area contributed by atoms with Crippen molar-refractivity contribution in [2.24, 2.45) is 0 Å². The van der Waals surface area contributed by atoms with Crippen LogP contribution >= 0.6 is 0 Å². The minimum absolute atomic E-state index is 0.183. The largest absolute Gasteiger partial charge is 0.495 e. The van der Waals surface area contributed by atoms with Gasteiger partial charge in [0.2, 0.25) is 5.91 Å². The molecular weight excluding hydrogens is 250 g/mol. The van der Waals surface area contributed by atoms with Crippen molar-refractivity contribution in [1.82, 2.24) is 0 Å². The maximum absolute atomic E-state index is 11.9. The number of ether oxygens (including phenoxy) is 1. The van der Waals surface area contributed by atoms with Gasteiger partial charge in [0.1, 0.15) is 5.75 Å². The van der Waals surface area contributed by atoms with E-state index in [1.54, 1.807) is 13.2 Å². The van der Waals surface area contributed by atoms with Crippen LogP contribution in [0.3, 0.4) is 0 Å². The van der Waals surface area contributed by atoms with Crippen molar-refractivity contribution in [3.8, 4) is 5.75 Å².